The van der Waals surface area contributed by atoms with Crippen molar-refractivity contribution in [1.82, 2.24) is 4.98 Å². The number of hydrogen-bond donors (Lipinski definition) is 2. The van der Waals surface area contributed by atoms with Gasteiger partial charge in [-0.15, -0.1) is 0 Å². The van der Waals surface area contributed by atoms with Gasteiger partial charge < -0.3 is 25.0 Å². The molecule has 0 radical (unpaired) electrons. The predicted molar refractivity (Wildman–Crippen MR) is 148 cm³/mol. The molecule has 3 fully saturated rings. The maximum atomic E-state index is 13.6. The average Bonchev–Trinajstić information content (AvgIpc) is 3.67. The van der Waals surface area contributed by atoms with E-state index < -0.39 is 21.2 Å². The van der Waals surface area contributed by atoms with Crippen LogP contribution in [-0.4, -0.2) is 74.7 Å². The molecule has 38 heavy (non-hydrogen) atoms. The van der Waals surface area contributed by atoms with E-state index in [1.165, 1.54) is 32.8 Å². The Morgan fingerprint density at radius 3 is 2.53 bits per heavy atom. The largest absolute Gasteiger partial charge is 0.395 e. The lowest BCUT2D eigenvalue weighted by Gasteiger charge is -2.35. The number of aliphatic hydroxyl groups is 1. The first-order valence-electron chi connectivity index (χ1n) is 13.4. The number of nitrogens with zero attached hydrogens (tertiary/aromatic N) is 3. The van der Waals surface area contributed by atoms with Crippen LogP contribution in [0.15, 0.2) is 41.3 Å². The number of rotatable bonds is 7. The number of pyridine rings is 1. The minimum atomic E-state index is -3.82. The van der Waals surface area contributed by atoms with Gasteiger partial charge in [0.1, 0.15) is 11.6 Å². The Bertz CT molecular complexity index is 1300. The van der Waals surface area contributed by atoms with E-state index in [1.807, 2.05) is 19.1 Å². The molecule has 0 bridgehead atoms. The van der Waals surface area contributed by atoms with Gasteiger partial charge in [0, 0.05) is 26.2 Å². The summed E-state index contributed by atoms with van der Waals surface area (Å²) in [6.07, 6.45) is 4.68. The highest BCUT2D eigenvalue weighted by Gasteiger charge is 2.45. The molecule has 2 saturated heterocycles. The second-order valence-corrected chi connectivity index (χ2v) is 14.1. The van der Waals surface area contributed by atoms with Gasteiger partial charge in [-0.1, -0.05) is 6.07 Å². The monoisotopic (exact) mass is 542 g/mol. The Hall–Kier alpha value is -2.69. The van der Waals surface area contributed by atoms with E-state index in [1.54, 1.807) is 18.2 Å². The third kappa shape index (κ3) is 5.26. The number of hydrogen-bond acceptors (Lipinski definition) is 8. The number of carbonyl (C=O) groups excluding carboxylic acids is 1. The molecule has 1 spiro atoms. The lowest BCUT2D eigenvalue weighted by Crippen LogP contribution is -2.41. The number of sulfone groups is 1. The van der Waals surface area contributed by atoms with Crippen molar-refractivity contribution >= 4 is 33.1 Å². The van der Waals surface area contributed by atoms with Gasteiger partial charge >= 0.3 is 0 Å². The molecule has 1 aliphatic carbocycles. The third-order valence-electron chi connectivity index (χ3n) is 8.30. The zero-order valence-corrected chi connectivity index (χ0v) is 23.3. The number of ether oxygens (including phenoxy) is 1. The highest BCUT2D eigenvalue weighted by molar-refractivity contribution is 7.92. The first kappa shape index (κ1) is 26.9. The number of benzene rings is 1. The summed E-state index contributed by atoms with van der Waals surface area (Å²) in [5.41, 5.74) is 1.44. The second kappa shape index (κ2) is 10.1. The quantitative estimate of drug-likeness (QED) is 0.547. The Morgan fingerprint density at radius 1 is 1.13 bits per heavy atom. The lowest BCUT2D eigenvalue weighted by molar-refractivity contribution is 0.0529. The van der Waals surface area contributed by atoms with Gasteiger partial charge in [-0.05, 0) is 82.2 Å². The van der Waals surface area contributed by atoms with Crippen molar-refractivity contribution < 1.29 is 23.1 Å². The third-order valence-corrected chi connectivity index (χ3v) is 10.8. The van der Waals surface area contributed by atoms with E-state index in [2.05, 4.69) is 20.1 Å². The van der Waals surface area contributed by atoms with Crippen LogP contribution < -0.4 is 15.1 Å². The molecule has 3 aliphatic rings. The van der Waals surface area contributed by atoms with Crippen LogP contribution in [0.4, 0.5) is 17.3 Å². The summed E-state index contributed by atoms with van der Waals surface area (Å²) in [6.45, 7) is 8.18. The second-order valence-electron chi connectivity index (χ2n) is 11.5. The van der Waals surface area contributed by atoms with E-state index in [0.29, 0.717) is 29.1 Å². The van der Waals surface area contributed by atoms with Crippen molar-refractivity contribution in [1.29, 1.82) is 0 Å². The molecule has 9 nitrogen and oxygen atoms in total. The fourth-order valence-corrected chi connectivity index (χ4v) is 6.64. The van der Waals surface area contributed by atoms with Crippen molar-refractivity contribution in [2.45, 2.75) is 62.2 Å². The molecule has 1 saturated carbocycles. The zero-order valence-electron chi connectivity index (χ0n) is 22.4. The summed E-state index contributed by atoms with van der Waals surface area (Å²) in [5, 5.41) is 12.7. The molecule has 206 valence electrons. The summed E-state index contributed by atoms with van der Waals surface area (Å²) in [7, 11) is -3.82. The van der Waals surface area contributed by atoms with Crippen LogP contribution in [0.1, 0.15) is 56.8 Å². The van der Waals surface area contributed by atoms with Gasteiger partial charge in [0.2, 0.25) is 0 Å². The van der Waals surface area contributed by atoms with Crippen molar-refractivity contribution in [3.63, 3.8) is 0 Å². The van der Waals surface area contributed by atoms with Crippen molar-refractivity contribution in [3.05, 3.63) is 42.0 Å². The van der Waals surface area contributed by atoms with Crippen molar-refractivity contribution in [3.8, 4) is 0 Å². The Balaban J connectivity index is 1.44. The molecule has 1 amide bonds. The fraction of sp³-hybridized carbons (Fsp3) is 0.571. The minimum Gasteiger partial charge on any atom is -0.395 e. The van der Waals surface area contributed by atoms with Crippen LogP contribution in [0.25, 0.3) is 0 Å². The maximum absolute atomic E-state index is 13.6. The van der Waals surface area contributed by atoms with E-state index in [4.69, 9.17) is 4.74 Å². The van der Waals surface area contributed by atoms with Gasteiger partial charge in [-0.25, -0.2) is 13.4 Å². The van der Waals surface area contributed by atoms with Crippen LogP contribution in [0.5, 0.6) is 0 Å². The number of morpholine rings is 1. The summed E-state index contributed by atoms with van der Waals surface area (Å²) in [6, 6.07) is 10.2. The number of nitrogens with one attached hydrogen (secondary N) is 1. The first-order valence-corrected chi connectivity index (χ1v) is 14.9. The lowest BCUT2D eigenvalue weighted by atomic mass is 9.93. The molecule has 2 aliphatic heterocycles. The van der Waals surface area contributed by atoms with Gasteiger partial charge in [-0.3, -0.25) is 4.79 Å². The normalized spacial score (nSPS) is 21.4. The van der Waals surface area contributed by atoms with E-state index in [9.17, 15) is 18.3 Å². The molecule has 1 unspecified atom stereocenters. The predicted octanol–water partition coefficient (Wildman–Crippen LogP) is 3.48. The summed E-state index contributed by atoms with van der Waals surface area (Å²) in [4.78, 5) is 22.6. The van der Waals surface area contributed by atoms with Crippen molar-refractivity contribution in [2.75, 3.05) is 54.5 Å². The topological polar surface area (TPSA) is 112 Å². The first-order chi connectivity index (χ1) is 18.0. The van der Waals surface area contributed by atoms with Gasteiger partial charge in [0.25, 0.3) is 5.91 Å². The van der Waals surface area contributed by atoms with Crippen LogP contribution in [-0.2, 0) is 14.6 Å². The molecule has 1 aromatic carbocycles. The molecular formula is C28H38N4O5S. The van der Waals surface area contributed by atoms with E-state index in [-0.39, 0.29) is 16.9 Å². The van der Waals surface area contributed by atoms with Gasteiger partial charge in [-0.2, -0.15) is 0 Å². The number of piperidine rings is 1. The SMILES string of the molecule is CC1CN(c2cccc(NC(=O)c3ccc(S(=O)(=O)C(C)(C)CO)cc3N3CCC4(CC3)CC4)n2)CCO1. The number of anilines is 3. The highest BCUT2D eigenvalue weighted by Crippen LogP contribution is 2.54. The van der Waals surface area contributed by atoms with Gasteiger partial charge in [0.05, 0.1) is 40.2 Å². The average molecular weight is 543 g/mol. The van der Waals surface area contributed by atoms with Crippen LogP contribution in [0, 0.1) is 5.41 Å². The molecular weight excluding hydrogens is 504 g/mol. The minimum absolute atomic E-state index is 0.108. The number of amides is 1. The Morgan fingerprint density at radius 2 is 1.87 bits per heavy atom. The molecule has 1 atom stereocenters. The number of carbonyl (C=O) groups is 1. The number of aliphatic hydroxyl groups excluding tert-OH is 1. The van der Waals surface area contributed by atoms with E-state index >= 15 is 0 Å². The molecule has 10 heteroatoms. The highest BCUT2D eigenvalue weighted by atomic mass is 32.2. The Labute approximate surface area is 225 Å². The summed E-state index contributed by atoms with van der Waals surface area (Å²) >= 11 is 0. The zero-order chi connectivity index (χ0) is 27.1. The summed E-state index contributed by atoms with van der Waals surface area (Å²) < 4.78 is 30.9. The van der Waals surface area contributed by atoms with Crippen molar-refractivity contribution in [2.24, 2.45) is 5.41 Å². The van der Waals surface area contributed by atoms with Crippen LogP contribution in [0.2, 0.25) is 0 Å². The molecule has 2 N–H and O–H groups in total. The number of aromatic nitrogens is 1. The van der Waals surface area contributed by atoms with Gasteiger partial charge in [0.15, 0.2) is 9.84 Å². The van der Waals surface area contributed by atoms with E-state index in [0.717, 1.165) is 44.8 Å². The standard InChI is InChI=1S/C28H38N4O5S/c1-20-18-32(15-16-37-20)25-6-4-5-24(29-25)30-26(34)22-8-7-21(38(35,36)27(2,3)19-33)17-23(22)31-13-11-28(9-10-28)12-14-31/h4-8,17,20,33H,9-16,18-19H2,1-3H3,(H,29,30,34). The summed E-state index contributed by atoms with van der Waals surface area (Å²) in [5.74, 6) is 0.875. The molecule has 2 aromatic rings. The smallest absolute Gasteiger partial charge is 0.258 e. The fourth-order valence-electron chi connectivity index (χ4n) is 5.31. The maximum Gasteiger partial charge on any atom is 0.258 e. The van der Waals surface area contributed by atoms with Crippen LogP contribution >= 0.6 is 0 Å². The molecule has 3 heterocycles. The molecule has 5 rings (SSSR count). The Kier molecular flexibility index (Phi) is 7.17. The molecule has 1 aromatic heterocycles. The van der Waals surface area contributed by atoms with Crippen LogP contribution in [0.3, 0.4) is 0 Å².